The Bertz CT molecular complexity index is 480. The van der Waals surface area contributed by atoms with Crippen LogP contribution in [0, 0.1) is 0 Å². The summed E-state index contributed by atoms with van der Waals surface area (Å²) in [6.07, 6.45) is 2.24. The first-order chi connectivity index (χ1) is 8.35. The molecule has 1 N–H and O–H groups in total. The Morgan fingerprint density at radius 1 is 1.29 bits per heavy atom. The lowest BCUT2D eigenvalue weighted by Gasteiger charge is -2.01. The van der Waals surface area contributed by atoms with E-state index in [1.54, 1.807) is 0 Å². The Morgan fingerprint density at radius 2 is 2.12 bits per heavy atom. The monoisotopic (exact) mass is 232 g/mol. The van der Waals surface area contributed by atoms with Crippen LogP contribution in [0.3, 0.4) is 0 Å². The Labute approximate surface area is 100 Å². The Hall–Kier alpha value is -1.68. The van der Waals surface area contributed by atoms with E-state index in [-0.39, 0.29) is 6.61 Å². The molecule has 0 amide bonds. The van der Waals surface area contributed by atoms with Gasteiger partial charge < -0.3 is 9.63 Å². The number of aliphatic hydroxyl groups is 1. The maximum atomic E-state index is 8.75. The fourth-order valence-corrected chi connectivity index (χ4v) is 1.74. The molecule has 0 aliphatic rings. The Balaban J connectivity index is 2.24. The molecule has 0 aliphatic carbocycles. The van der Waals surface area contributed by atoms with E-state index in [0.29, 0.717) is 24.6 Å². The van der Waals surface area contributed by atoms with Gasteiger partial charge in [0.2, 0.25) is 0 Å². The van der Waals surface area contributed by atoms with Gasteiger partial charge in [0.05, 0.1) is 0 Å². The van der Waals surface area contributed by atoms with Gasteiger partial charge in [-0.2, -0.15) is 4.98 Å². The maximum Gasteiger partial charge on any atom is 0.258 e. The molecule has 0 saturated carbocycles. The zero-order valence-electron chi connectivity index (χ0n) is 9.89. The number of aryl methyl sites for hydroxylation is 2. The van der Waals surface area contributed by atoms with Crippen molar-refractivity contribution in [3.05, 3.63) is 35.7 Å². The van der Waals surface area contributed by atoms with Crippen LogP contribution in [0.25, 0.3) is 11.5 Å². The summed E-state index contributed by atoms with van der Waals surface area (Å²) in [4.78, 5) is 4.34. The lowest BCUT2D eigenvalue weighted by molar-refractivity contribution is 0.286. The van der Waals surface area contributed by atoms with Crippen LogP contribution in [0.15, 0.2) is 28.8 Å². The normalized spacial score (nSPS) is 10.7. The van der Waals surface area contributed by atoms with Gasteiger partial charge in [0.15, 0.2) is 5.82 Å². The summed E-state index contributed by atoms with van der Waals surface area (Å²) in [7, 11) is 0. The summed E-state index contributed by atoms with van der Waals surface area (Å²) in [6, 6.07) is 8.02. The molecule has 0 bridgehead atoms. The molecule has 1 heterocycles. The third-order valence-corrected chi connectivity index (χ3v) is 2.66. The average molecular weight is 232 g/mol. The van der Waals surface area contributed by atoms with Crippen LogP contribution in [0.5, 0.6) is 0 Å². The second-order valence-corrected chi connectivity index (χ2v) is 3.85. The highest BCUT2D eigenvalue weighted by atomic mass is 16.5. The molecule has 1 aromatic heterocycles. The minimum atomic E-state index is 0.148. The van der Waals surface area contributed by atoms with Crippen molar-refractivity contribution in [3.8, 4) is 11.5 Å². The SMILES string of the molecule is CCc1ccccc1-c1nc(CCCO)no1. The van der Waals surface area contributed by atoms with Crippen molar-refractivity contribution in [1.82, 2.24) is 10.1 Å². The van der Waals surface area contributed by atoms with E-state index in [9.17, 15) is 0 Å². The van der Waals surface area contributed by atoms with Crippen LogP contribution in [-0.2, 0) is 12.8 Å². The van der Waals surface area contributed by atoms with Gasteiger partial charge in [-0.1, -0.05) is 30.3 Å². The second kappa shape index (κ2) is 5.59. The van der Waals surface area contributed by atoms with Gasteiger partial charge in [-0.05, 0) is 24.5 Å². The molecule has 17 heavy (non-hydrogen) atoms. The molecule has 1 aromatic carbocycles. The number of hydrogen-bond donors (Lipinski definition) is 1. The highest BCUT2D eigenvalue weighted by molar-refractivity contribution is 5.58. The molecule has 0 aliphatic heterocycles. The number of aliphatic hydroxyl groups excluding tert-OH is 1. The van der Waals surface area contributed by atoms with Gasteiger partial charge in [-0.3, -0.25) is 0 Å². The van der Waals surface area contributed by atoms with Gasteiger partial charge in [-0.25, -0.2) is 0 Å². The van der Waals surface area contributed by atoms with E-state index in [2.05, 4.69) is 23.1 Å². The standard InChI is InChI=1S/C13H16N2O2/c1-2-10-6-3-4-7-11(10)13-14-12(15-17-13)8-5-9-16/h3-4,6-7,16H,2,5,8-9H2,1H3. The first-order valence-corrected chi connectivity index (χ1v) is 5.87. The van der Waals surface area contributed by atoms with Gasteiger partial charge in [-0.15, -0.1) is 0 Å². The first kappa shape index (κ1) is 11.8. The van der Waals surface area contributed by atoms with Crippen molar-refractivity contribution >= 4 is 0 Å². The number of benzene rings is 1. The zero-order valence-corrected chi connectivity index (χ0v) is 9.89. The Morgan fingerprint density at radius 3 is 2.88 bits per heavy atom. The predicted octanol–water partition coefficient (Wildman–Crippen LogP) is 2.22. The maximum absolute atomic E-state index is 8.75. The van der Waals surface area contributed by atoms with Crippen LogP contribution < -0.4 is 0 Å². The van der Waals surface area contributed by atoms with Crippen molar-refractivity contribution in [1.29, 1.82) is 0 Å². The van der Waals surface area contributed by atoms with Crippen LogP contribution in [0.4, 0.5) is 0 Å². The van der Waals surface area contributed by atoms with E-state index in [4.69, 9.17) is 9.63 Å². The van der Waals surface area contributed by atoms with E-state index in [1.165, 1.54) is 5.56 Å². The molecule has 0 fully saturated rings. The second-order valence-electron chi connectivity index (χ2n) is 3.85. The van der Waals surface area contributed by atoms with E-state index >= 15 is 0 Å². The summed E-state index contributed by atoms with van der Waals surface area (Å²) in [5.41, 5.74) is 2.20. The third kappa shape index (κ3) is 2.71. The molecule has 90 valence electrons. The van der Waals surface area contributed by atoms with Gasteiger partial charge in [0, 0.05) is 18.6 Å². The number of rotatable bonds is 5. The molecule has 2 aromatic rings. The van der Waals surface area contributed by atoms with Crippen LogP contribution in [0.1, 0.15) is 24.7 Å². The van der Waals surface area contributed by atoms with Gasteiger partial charge in [0.1, 0.15) is 0 Å². The average Bonchev–Trinajstić information content (AvgIpc) is 2.85. The fourth-order valence-electron chi connectivity index (χ4n) is 1.74. The summed E-state index contributed by atoms with van der Waals surface area (Å²) >= 11 is 0. The van der Waals surface area contributed by atoms with E-state index in [1.807, 2.05) is 18.2 Å². The summed E-state index contributed by atoms with van der Waals surface area (Å²) in [5.74, 6) is 1.22. The molecule has 0 spiro atoms. The molecule has 2 rings (SSSR count). The van der Waals surface area contributed by atoms with Crippen molar-refractivity contribution in [3.63, 3.8) is 0 Å². The van der Waals surface area contributed by atoms with E-state index in [0.717, 1.165) is 12.0 Å². The van der Waals surface area contributed by atoms with E-state index < -0.39 is 0 Å². The van der Waals surface area contributed by atoms with Crippen molar-refractivity contribution < 1.29 is 9.63 Å². The zero-order chi connectivity index (χ0) is 12.1. The lowest BCUT2D eigenvalue weighted by atomic mass is 10.1. The smallest absolute Gasteiger partial charge is 0.258 e. The van der Waals surface area contributed by atoms with Crippen LogP contribution >= 0.6 is 0 Å². The van der Waals surface area contributed by atoms with Crippen LogP contribution in [0.2, 0.25) is 0 Å². The molecule has 0 saturated heterocycles. The third-order valence-electron chi connectivity index (χ3n) is 2.66. The fraction of sp³-hybridized carbons (Fsp3) is 0.385. The predicted molar refractivity (Wildman–Crippen MR) is 64.5 cm³/mol. The van der Waals surface area contributed by atoms with Crippen molar-refractivity contribution in [2.45, 2.75) is 26.2 Å². The topological polar surface area (TPSA) is 59.2 Å². The highest BCUT2D eigenvalue weighted by Crippen LogP contribution is 2.22. The van der Waals surface area contributed by atoms with Crippen LogP contribution in [-0.4, -0.2) is 21.9 Å². The summed E-state index contributed by atoms with van der Waals surface area (Å²) in [5, 5.41) is 12.7. The minimum Gasteiger partial charge on any atom is -0.396 e. The number of hydrogen-bond acceptors (Lipinski definition) is 4. The van der Waals surface area contributed by atoms with Crippen molar-refractivity contribution in [2.75, 3.05) is 6.61 Å². The molecule has 0 radical (unpaired) electrons. The first-order valence-electron chi connectivity index (χ1n) is 5.87. The molecule has 4 heteroatoms. The molecule has 0 atom stereocenters. The molecular weight excluding hydrogens is 216 g/mol. The largest absolute Gasteiger partial charge is 0.396 e. The quantitative estimate of drug-likeness (QED) is 0.858. The molecule has 0 unspecified atom stereocenters. The summed E-state index contributed by atoms with van der Waals surface area (Å²) < 4.78 is 5.25. The molecule has 4 nitrogen and oxygen atoms in total. The Kier molecular flexibility index (Phi) is 3.88. The summed E-state index contributed by atoms with van der Waals surface area (Å²) in [6.45, 7) is 2.25. The molecular formula is C13H16N2O2. The lowest BCUT2D eigenvalue weighted by Crippen LogP contribution is -1.92. The minimum absolute atomic E-state index is 0.148. The van der Waals surface area contributed by atoms with Gasteiger partial charge >= 0.3 is 0 Å². The number of aromatic nitrogens is 2. The highest BCUT2D eigenvalue weighted by Gasteiger charge is 2.11. The van der Waals surface area contributed by atoms with Crippen molar-refractivity contribution in [2.24, 2.45) is 0 Å². The number of nitrogens with zero attached hydrogens (tertiary/aromatic N) is 2. The van der Waals surface area contributed by atoms with Gasteiger partial charge in [0.25, 0.3) is 5.89 Å².